The van der Waals surface area contributed by atoms with Gasteiger partial charge in [0.25, 0.3) is 5.91 Å². The molecule has 0 aliphatic heterocycles. The van der Waals surface area contributed by atoms with Crippen LogP contribution in [0.15, 0.2) is 85.8 Å². The zero-order valence-electron chi connectivity index (χ0n) is 15.6. The van der Waals surface area contributed by atoms with Crippen LogP contribution in [0.1, 0.15) is 11.3 Å². The molecule has 0 fully saturated rings. The molecule has 1 amide bonds. The fourth-order valence-corrected chi connectivity index (χ4v) is 4.30. The van der Waals surface area contributed by atoms with Crippen molar-refractivity contribution in [3.8, 4) is 5.75 Å². The quantitative estimate of drug-likeness (QED) is 0.371. The van der Waals surface area contributed by atoms with Crippen LogP contribution < -0.4 is 5.43 Å². The molecule has 3 rings (SSSR count). The first-order chi connectivity index (χ1) is 14.4. The first-order valence-electron chi connectivity index (χ1n) is 8.74. The van der Waals surface area contributed by atoms with Crippen molar-refractivity contribution in [2.24, 2.45) is 5.10 Å². The van der Waals surface area contributed by atoms with Crippen LogP contribution in [0, 0.1) is 0 Å². The summed E-state index contributed by atoms with van der Waals surface area (Å²) in [5.41, 5.74) is 2.66. The number of carbonyl (C=O) groups excluding carboxylic acids is 1. The molecule has 0 radical (unpaired) electrons. The fraction of sp³-hybridized carbons (Fsp3) is 0.100. The predicted molar refractivity (Wildman–Crippen MR) is 114 cm³/mol. The fourth-order valence-electron chi connectivity index (χ4n) is 2.54. The molecule has 3 aromatic rings. The second-order valence-electron chi connectivity index (χ2n) is 6.16. The van der Waals surface area contributed by atoms with E-state index in [0.717, 1.165) is 8.78 Å². The zero-order chi connectivity index (χ0) is 21.6. The van der Waals surface area contributed by atoms with Gasteiger partial charge >= 0.3 is 0 Å². The number of rotatable bonds is 8. The van der Waals surface area contributed by atoms with Gasteiger partial charge in [-0.1, -0.05) is 34.1 Å². The van der Waals surface area contributed by atoms with E-state index in [1.807, 2.05) is 0 Å². The summed E-state index contributed by atoms with van der Waals surface area (Å²) in [7, 11) is -3.95. The second kappa shape index (κ2) is 9.70. The minimum Gasteiger partial charge on any atom is -0.507 e. The Morgan fingerprint density at radius 2 is 1.93 bits per heavy atom. The molecule has 0 aliphatic rings. The number of furan rings is 1. The van der Waals surface area contributed by atoms with Crippen LogP contribution in [0.5, 0.6) is 5.75 Å². The summed E-state index contributed by atoms with van der Waals surface area (Å²) in [5.74, 6) is -0.265. The maximum atomic E-state index is 13.0. The number of halogens is 1. The number of carbonyl (C=O) groups is 1. The first-order valence-corrected chi connectivity index (χ1v) is 11.0. The van der Waals surface area contributed by atoms with Gasteiger partial charge in [0.05, 0.1) is 30.5 Å². The SMILES string of the molecule is O=C(CN(Cc1ccco1)S(=O)(=O)c1ccccc1)NN=Cc1cc(Br)ccc1O. The van der Waals surface area contributed by atoms with Crippen molar-refractivity contribution in [2.75, 3.05) is 6.54 Å². The van der Waals surface area contributed by atoms with Crippen molar-refractivity contribution >= 4 is 38.1 Å². The molecule has 1 aromatic heterocycles. The molecule has 8 nitrogen and oxygen atoms in total. The number of aromatic hydroxyl groups is 1. The number of phenols is 1. The highest BCUT2D eigenvalue weighted by Crippen LogP contribution is 2.20. The number of phenolic OH excluding ortho intramolecular Hbond substituents is 1. The number of benzene rings is 2. The number of hydrogen-bond acceptors (Lipinski definition) is 6. The van der Waals surface area contributed by atoms with Crippen LogP contribution in [0.25, 0.3) is 0 Å². The zero-order valence-corrected chi connectivity index (χ0v) is 18.0. The summed E-state index contributed by atoms with van der Waals surface area (Å²) >= 11 is 3.28. The standard InChI is InChI=1S/C20H18BrN3O5S/c21-16-8-9-19(25)15(11-16)12-22-23-20(26)14-24(13-17-5-4-10-29-17)30(27,28)18-6-2-1-3-7-18/h1-12,25H,13-14H2,(H,23,26). The Morgan fingerprint density at radius 1 is 1.17 bits per heavy atom. The van der Waals surface area contributed by atoms with E-state index in [1.54, 1.807) is 42.5 Å². The molecule has 0 saturated heterocycles. The van der Waals surface area contributed by atoms with Crippen LogP contribution in [-0.2, 0) is 21.4 Å². The summed E-state index contributed by atoms with van der Waals surface area (Å²) in [6.07, 6.45) is 2.69. The van der Waals surface area contributed by atoms with E-state index in [1.165, 1.54) is 30.7 Å². The van der Waals surface area contributed by atoms with E-state index >= 15 is 0 Å². The third-order valence-corrected chi connectivity index (χ3v) is 6.29. The maximum Gasteiger partial charge on any atom is 0.255 e. The lowest BCUT2D eigenvalue weighted by atomic mass is 10.2. The average Bonchev–Trinajstić information content (AvgIpc) is 3.24. The van der Waals surface area contributed by atoms with Gasteiger partial charge in [-0.15, -0.1) is 0 Å². The topological polar surface area (TPSA) is 112 Å². The minimum absolute atomic E-state index is 0.0118. The number of nitrogens with zero attached hydrogens (tertiary/aromatic N) is 2. The van der Waals surface area contributed by atoms with Crippen LogP contribution in [-0.4, -0.2) is 36.5 Å². The van der Waals surface area contributed by atoms with Crippen molar-refractivity contribution < 1.29 is 22.7 Å². The van der Waals surface area contributed by atoms with Crippen molar-refractivity contribution in [2.45, 2.75) is 11.4 Å². The molecule has 2 N–H and O–H groups in total. The van der Waals surface area contributed by atoms with Gasteiger partial charge in [-0.05, 0) is 42.5 Å². The van der Waals surface area contributed by atoms with Gasteiger partial charge in [-0.2, -0.15) is 9.41 Å². The van der Waals surface area contributed by atoms with Crippen molar-refractivity contribution in [1.29, 1.82) is 0 Å². The first kappa shape index (κ1) is 21.8. The molecule has 10 heteroatoms. The summed E-state index contributed by atoms with van der Waals surface area (Å²) < 4.78 is 33.0. The van der Waals surface area contributed by atoms with Crippen molar-refractivity contribution in [3.63, 3.8) is 0 Å². The molecule has 2 aromatic carbocycles. The highest BCUT2D eigenvalue weighted by Gasteiger charge is 2.27. The van der Waals surface area contributed by atoms with Crippen LogP contribution in [0.2, 0.25) is 0 Å². The Kier molecular flexibility index (Phi) is 7.03. The smallest absolute Gasteiger partial charge is 0.255 e. The highest BCUT2D eigenvalue weighted by atomic mass is 79.9. The van der Waals surface area contributed by atoms with Crippen LogP contribution in [0.4, 0.5) is 0 Å². The van der Waals surface area contributed by atoms with Gasteiger partial charge in [0.1, 0.15) is 11.5 Å². The molecule has 0 aliphatic carbocycles. The largest absolute Gasteiger partial charge is 0.507 e. The van der Waals surface area contributed by atoms with Crippen LogP contribution >= 0.6 is 15.9 Å². The normalized spacial score (nSPS) is 11.8. The Hall–Kier alpha value is -2.95. The highest BCUT2D eigenvalue weighted by molar-refractivity contribution is 9.10. The van der Waals surface area contributed by atoms with E-state index < -0.39 is 22.5 Å². The summed E-state index contributed by atoms with van der Waals surface area (Å²) in [6, 6.07) is 15.8. The third kappa shape index (κ3) is 5.56. The van der Waals surface area contributed by atoms with Gasteiger partial charge < -0.3 is 9.52 Å². The Labute approximate surface area is 182 Å². The Bertz CT molecular complexity index is 1130. The van der Waals surface area contributed by atoms with Gasteiger partial charge in [-0.25, -0.2) is 13.8 Å². The summed E-state index contributed by atoms with van der Waals surface area (Å²) in [5, 5.41) is 13.6. The van der Waals surface area contributed by atoms with Gasteiger partial charge in [0, 0.05) is 10.0 Å². The van der Waals surface area contributed by atoms with E-state index in [-0.39, 0.29) is 17.2 Å². The van der Waals surface area contributed by atoms with Crippen molar-refractivity contribution in [3.05, 3.63) is 82.7 Å². The minimum atomic E-state index is -3.95. The van der Waals surface area contributed by atoms with E-state index in [9.17, 15) is 18.3 Å². The number of sulfonamides is 1. The molecule has 30 heavy (non-hydrogen) atoms. The van der Waals surface area contributed by atoms with E-state index in [4.69, 9.17) is 4.42 Å². The second-order valence-corrected chi connectivity index (χ2v) is 9.02. The molecule has 0 spiro atoms. The number of nitrogens with one attached hydrogen (secondary N) is 1. The molecule has 0 unspecified atom stereocenters. The summed E-state index contributed by atoms with van der Waals surface area (Å²) in [6.45, 7) is -0.590. The van der Waals surface area contributed by atoms with Gasteiger partial charge in [0.2, 0.25) is 10.0 Å². The van der Waals surface area contributed by atoms with Crippen molar-refractivity contribution in [1.82, 2.24) is 9.73 Å². The lowest BCUT2D eigenvalue weighted by Gasteiger charge is -2.20. The molecule has 1 heterocycles. The Morgan fingerprint density at radius 3 is 2.63 bits per heavy atom. The maximum absolute atomic E-state index is 13.0. The monoisotopic (exact) mass is 491 g/mol. The average molecular weight is 492 g/mol. The van der Waals surface area contributed by atoms with Gasteiger partial charge in [0.15, 0.2) is 0 Å². The molecule has 156 valence electrons. The number of amides is 1. The third-order valence-electron chi connectivity index (χ3n) is 4.00. The molecule has 0 atom stereocenters. The van der Waals surface area contributed by atoms with E-state index in [2.05, 4.69) is 26.5 Å². The molecule has 0 bridgehead atoms. The molecular weight excluding hydrogens is 474 g/mol. The number of hydrazone groups is 1. The van der Waals surface area contributed by atoms with Gasteiger partial charge in [-0.3, -0.25) is 4.79 Å². The molecular formula is C20H18BrN3O5S. The van der Waals surface area contributed by atoms with E-state index in [0.29, 0.717) is 11.3 Å². The Balaban J connectivity index is 1.75. The lowest BCUT2D eigenvalue weighted by Crippen LogP contribution is -2.38. The molecule has 0 saturated carbocycles. The number of hydrogen-bond donors (Lipinski definition) is 2. The lowest BCUT2D eigenvalue weighted by molar-refractivity contribution is -0.121. The van der Waals surface area contributed by atoms with Crippen LogP contribution in [0.3, 0.4) is 0 Å². The predicted octanol–water partition coefficient (Wildman–Crippen LogP) is 3.09. The summed E-state index contributed by atoms with van der Waals surface area (Å²) in [4.78, 5) is 12.4.